The Hall–Kier alpha value is -3.29. The summed E-state index contributed by atoms with van der Waals surface area (Å²) in [5.74, 6) is 3.78. The third-order valence-corrected chi connectivity index (χ3v) is 5.87. The number of rotatable bonds is 7. The van der Waals surface area contributed by atoms with Gasteiger partial charge < -0.3 is 24.5 Å². The van der Waals surface area contributed by atoms with E-state index >= 15 is 0 Å². The highest BCUT2D eigenvalue weighted by atomic mass is 16.5. The molecule has 1 aromatic carbocycles. The molecule has 0 aliphatic carbocycles. The van der Waals surface area contributed by atoms with Gasteiger partial charge in [0.05, 0.1) is 31.3 Å². The van der Waals surface area contributed by atoms with Crippen molar-refractivity contribution in [2.75, 3.05) is 20.8 Å². The van der Waals surface area contributed by atoms with E-state index in [0.717, 1.165) is 41.0 Å². The second-order valence-corrected chi connectivity index (χ2v) is 7.81. The van der Waals surface area contributed by atoms with Crippen LogP contribution in [0.2, 0.25) is 0 Å². The van der Waals surface area contributed by atoms with Crippen LogP contribution in [0.25, 0.3) is 22.3 Å². The minimum absolute atomic E-state index is 0.0823. The SMILES string of the molecule is CCc1nc2cc(-c3ccc(OC)c(OC)c3)nc(O[C@H](C)[C@H]3CN=C(N)C3)c2n1C. The maximum Gasteiger partial charge on any atom is 0.241 e. The molecule has 31 heavy (non-hydrogen) atoms. The van der Waals surface area contributed by atoms with Crippen LogP contribution in [0, 0.1) is 5.92 Å². The summed E-state index contributed by atoms with van der Waals surface area (Å²) in [5, 5.41) is 0. The average Bonchev–Trinajstić information content (AvgIpc) is 3.36. The minimum atomic E-state index is -0.0823. The quantitative estimate of drug-likeness (QED) is 0.626. The van der Waals surface area contributed by atoms with Gasteiger partial charge in [-0.1, -0.05) is 6.92 Å². The lowest BCUT2D eigenvalue weighted by Crippen LogP contribution is -2.26. The molecule has 3 aromatic rings. The van der Waals surface area contributed by atoms with E-state index in [1.165, 1.54) is 0 Å². The van der Waals surface area contributed by atoms with Crippen LogP contribution in [-0.4, -0.2) is 47.2 Å². The number of nitrogens with two attached hydrogens (primary N) is 1. The molecule has 164 valence electrons. The average molecular weight is 424 g/mol. The van der Waals surface area contributed by atoms with Crippen LogP contribution >= 0.6 is 0 Å². The Labute approximate surface area is 182 Å². The molecule has 0 unspecified atom stereocenters. The van der Waals surface area contributed by atoms with Crippen LogP contribution in [0.1, 0.15) is 26.1 Å². The maximum atomic E-state index is 6.41. The van der Waals surface area contributed by atoms with Gasteiger partial charge in [0.1, 0.15) is 17.4 Å². The van der Waals surface area contributed by atoms with E-state index in [1.807, 2.05) is 38.2 Å². The number of aromatic nitrogens is 3. The van der Waals surface area contributed by atoms with Gasteiger partial charge in [0, 0.05) is 37.9 Å². The predicted octanol–water partition coefficient (Wildman–Crippen LogP) is 3.36. The lowest BCUT2D eigenvalue weighted by Gasteiger charge is -2.20. The number of ether oxygens (including phenoxy) is 3. The number of methoxy groups -OCH3 is 2. The van der Waals surface area contributed by atoms with Crippen molar-refractivity contribution in [2.45, 2.75) is 32.8 Å². The van der Waals surface area contributed by atoms with Gasteiger partial charge in [-0.15, -0.1) is 0 Å². The third kappa shape index (κ3) is 3.89. The molecule has 0 spiro atoms. The van der Waals surface area contributed by atoms with Crippen LogP contribution in [0.4, 0.5) is 0 Å². The molecule has 8 heteroatoms. The molecular formula is C23H29N5O3. The third-order valence-electron chi connectivity index (χ3n) is 5.87. The number of aliphatic imine (C=N–C) groups is 1. The van der Waals surface area contributed by atoms with Crippen molar-refractivity contribution in [3.8, 4) is 28.6 Å². The van der Waals surface area contributed by atoms with Crippen LogP contribution in [0.3, 0.4) is 0 Å². The Morgan fingerprint density at radius 1 is 1.16 bits per heavy atom. The molecule has 0 saturated carbocycles. The predicted molar refractivity (Wildman–Crippen MR) is 121 cm³/mol. The summed E-state index contributed by atoms with van der Waals surface area (Å²) >= 11 is 0. The summed E-state index contributed by atoms with van der Waals surface area (Å²) in [4.78, 5) is 14.0. The first-order chi connectivity index (χ1) is 14.9. The summed E-state index contributed by atoms with van der Waals surface area (Å²) in [5.41, 5.74) is 9.29. The van der Waals surface area contributed by atoms with E-state index in [1.54, 1.807) is 14.2 Å². The van der Waals surface area contributed by atoms with E-state index < -0.39 is 0 Å². The summed E-state index contributed by atoms with van der Waals surface area (Å²) in [6.45, 7) is 4.81. The topological polar surface area (TPSA) is 96.8 Å². The molecule has 0 bridgehead atoms. The Balaban J connectivity index is 1.79. The molecular weight excluding hydrogens is 394 g/mol. The van der Waals surface area contributed by atoms with Crippen molar-refractivity contribution >= 4 is 16.9 Å². The van der Waals surface area contributed by atoms with Crippen molar-refractivity contribution in [1.82, 2.24) is 14.5 Å². The fourth-order valence-corrected chi connectivity index (χ4v) is 4.01. The molecule has 2 N–H and O–H groups in total. The Morgan fingerprint density at radius 3 is 2.58 bits per heavy atom. The highest BCUT2D eigenvalue weighted by molar-refractivity contribution is 5.85. The largest absolute Gasteiger partial charge is 0.493 e. The number of aryl methyl sites for hydroxylation is 2. The molecule has 1 aliphatic heterocycles. The zero-order valence-electron chi connectivity index (χ0n) is 18.7. The van der Waals surface area contributed by atoms with Crippen molar-refractivity contribution < 1.29 is 14.2 Å². The number of nitrogens with zero attached hydrogens (tertiary/aromatic N) is 4. The first-order valence-corrected chi connectivity index (χ1v) is 10.5. The second kappa shape index (κ2) is 8.45. The Bertz CT molecular complexity index is 1140. The zero-order valence-corrected chi connectivity index (χ0v) is 18.7. The fraction of sp³-hybridized carbons (Fsp3) is 0.435. The van der Waals surface area contributed by atoms with Gasteiger partial charge in [0.15, 0.2) is 11.5 Å². The number of fused-ring (bicyclic) bond motifs is 1. The Kier molecular flexibility index (Phi) is 5.71. The molecule has 0 radical (unpaired) electrons. The lowest BCUT2D eigenvalue weighted by atomic mass is 10.0. The van der Waals surface area contributed by atoms with Crippen molar-refractivity contribution in [3.05, 3.63) is 30.1 Å². The zero-order chi connectivity index (χ0) is 22.1. The summed E-state index contributed by atoms with van der Waals surface area (Å²) < 4.78 is 19.3. The van der Waals surface area contributed by atoms with E-state index in [-0.39, 0.29) is 12.0 Å². The fourth-order valence-electron chi connectivity index (χ4n) is 4.01. The molecule has 0 fully saturated rings. The number of pyridine rings is 1. The van der Waals surface area contributed by atoms with Gasteiger partial charge in [0.25, 0.3) is 0 Å². The van der Waals surface area contributed by atoms with Gasteiger partial charge in [-0.25, -0.2) is 9.97 Å². The highest BCUT2D eigenvalue weighted by Gasteiger charge is 2.26. The standard InChI is InChI=1S/C23H29N5O3/c1-6-21-26-17-11-16(14-7-8-18(29-4)19(9-14)30-5)27-23(22(17)28(21)3)31-13(2)15-10-20(24)25-12-15/h7-9,11,13,15H,6,10,12H2,1-5H3,(H2,24,25)/t13-,15-/m1/s1. The number of benzene rings is 1. The van der Waals surface area contributed by atoms with E-state index in [9.17, 15) is 0 Å². The molecule has 2 atom stereocenters. The second-order valence-electron chi connectivity index (χ2n) is 7.81. The smallest absolute Gasteiger partial charge is 0.241 e. The number of imidazole rings is 1. The molecule has 0 saturated heterocycles. The van der Waals surface area contributed by atoms with Gasteiger partial charge in [-0.05, 0) is 31.2 Å². The molecule has 2 aromatic heterocycles. The molecule has 1 aliphatic rings. The van der Waals surface area contributed by atoms with E-state index in [0.29, 0.717) is 29.8 Å². The lowest BCUT2D eigenvalue weighted by molar-refractivity contribution is 0.158. The minimum Gasteiger partial charge on any atom is -0.493 e. The van der Waals surface area contributed by atoms with Crippen molar-refractivity contribution in [1.29, 1.82) is 0 Å². The normalized spacial score (nSPS) is 16.9. The first kappa shape index (κ1) is 21.0. The maximum absolute atomic E-state index is 6.41. The highest BCUT2D eigenvalue weighted by Crippen LogP contribution is 2.35. The summed E-state index contributed by atoms with van der Waals surface area (Å²) in [6.07, 6.45) is 1.48. The van der Waals surface area contributed by atoms with Gasteiger partial charge in [-0.2, -0.15) is 0 Å². The van der Waals surface area contributed by atoms with Gasteiger partial charge >= 0.3 is 0 Å². The molecule has 8 nitrogen and oxygen atoms in total. The monoisotopic (exact) mass is 423 g/mol. The van der Waals surface area contributed by atoms with Crippen LogP contribution < -0.4 is 19.9 Å². The number of hydrogen-bond donors (Lipinski definition) is 1. The van der Waals surface area contributed by atoms with Crippen LogP contribution in [0.5, 0.6) is 17.4 Å². The number of amidine groups is 1. The summed E-state index contributed by atoms with van der Waals surface area (Å²) in [7, 11) is 5.24. The van der Waals surface area contributed by atoms with Crippen molar-refractivity contribution in [2.24, 2.45) is 23.7 Å². The van der Waals surface area contributed by atoms with Crippen molar-refractivity contribution in [3.63, 3.8) is 0 Å². The molecule has 4 rings (SSSR count). The Morgan fingerprint density at radius 2 is 1.94 bits per heavy atom. The van der Waals surface area contributed by atoms with Gasteiger partial charge in [-0.3, -0.25) is 4.99 Å². The van der Waals surface area contributed by atoms with Crippen LogP contribution in [0.15, 0.2) is 29.3 Å². The first-order valence-electron chi connectivity index (χ1n) is 10.5. The summed E-state index contributed by atoms with van der Waals surface area (Å²) in [6, 6.07) is 7.73. The van der Waals surface area contributed by atoms with Crippen LogP contribution in [-0.2, 0) is 13.5 Å². The van der Waals surface area contributed by atoms with Gasteiger partial charge in [0.2, 0.25) is 5.88 Å². The molecule has 3 heterocycles. The van der Waals surface area contributed by atoms with E-state index in [2.05, 4.69) is 16.5 Å². The number of hydrogen-bond acceptors (Lipinski definition) is 7. The van der Waals surface area contributed by atoms with E-state index in [4.69, 9.17) is 29.9 Å². The molecule has 0 amide bonds.